The molecule has 3 heterocycles. The lowest BCUT2D eigenvalue weighted by Crippen LogP contribution is -2.43. The molecule has 1 fully saturated rings. The van der Waals surface area contributed by atoms with E-state index in [0.717, 1.165) is 37.6 Å². The van der Waals surface area contributed by atoms with Crippen molar-refractivity contribution < 1.29 is 5.11 Å². The lowest BCUT2D eigenvalue weighted by molar-refractivity contribution is 0.477. The number of hydrogen-bond donors (Lipinski definition) is 3. The third kappa shape index (κ3) is 2.95. The van der Waals surface area contributed by atoms with E-state index in [0.29, 0.717) is 22.8 Å². The standard InChI is InChI=1S/C18H21N7O/c1-12-16(24-8-6-20-7-9-24)11-25(23-12)15-10-14(21-22-18(15)19)13-4-2-3-5-17(13)26/h2-5,10-11,20,26H,6-9H2,1H3,(H2,19,22). The number of benzene rings is 1. The van der Waals surface area contributed by atoms with Gasteiger partial charge in [0.25, 0.3) is 0 Å². The van der Waals surface area contributed by atoms with Crippen LogP contribution in [-0.4, -0.2) is 51.3 Å². The van der Waals surface area contributed by atoms with Crippen LogP contribution in [-0.2, 0) is 0 Å². The Labute approximate surface area is 151 Å². The minimum atomic E-state index is 0.149. The second kappa shape index (κ2) is 6.64. The van der Waals surface area contributed by atoms with E-state index >= 15 is 0 Å². The molecule has 1 aliphatic rings. The van der Waals surface area contributed by atoms with Gasteiger partial charge in [-0.2, -0.15) is 5.10 Å². The highest BCUT2D eigenvalue weighted by molar-refractivity contribution is 5.70. The van der Waals surface area contributed by atoms with Gasteiger partial charge in [-0.15, -0.1) is 10.2 Å². The third-order valence-corrected chi connectivity index (χ3v) is 4.56. The van der Waals surface area contributed by atoms with Crippen LogP contribution in [0.3, 0.4) is 0 Å². The first-order valence-electron chi connectivity index (χ1n) is 8.57. The average molecular weight is 351 g/mol. The van der Waals surface area contributed by atoms with E-state index in [1.165, 1.54) is 0 Å². The molecule has 4 N–H and O–H groups in total. The number of phenols is 1. The van der Waals surface area contributed by atoms with Crippen LogP contribution in [0.4, 0.5) is 11.5 Å². The number of nitrogens with one attached hydrogen (secondary N) is 1. The van der Waals surface area contributed by atoms with Gasteiger partial charge in [0, 0.05) is 31.7 Å². The Kier molecular flexibility index (Phi) is 4.18. The quantitative estimate of drug-likeness (QED) is 0.654. The molecule has 1 aromatic carbocycles. The van der Waals surface area contributed by atoms with E-state index in [-0.39, 0.29) is 5.75 Å². The summed E-state index contributed by atoms with van der Waals surface area (Å²) in [6, 6.07) is 8.81. The number of nitrogens with zero attached hydrogens (tertiary/aromatic N) is 5. The summed E-state index contributed by atoms with van der Waals surface area (Å²) in [6.45, 7) is 5.80. The van der Waals surface area contributed by atoms with Gasteiger partial charge in [-0.05, 0) is 25.1 Å². The number of anilines is 2. The largest absolute Gasteiger partial charge is 0.507 e. The Bertz CT molecular complexity index is 931. The van der Waals surface area contributed by atoms with E-state index < -0.39 is 0 Å². The Morgan fingerprint density at radius 2 is 1.88 bits per heavy atom. The molecule has 0 unspecified atom stereocenters. The summed E-state index contributed by atoms with van der Waals surface area (Å²) in [5.74, 6) is 0.439. The van der Waals surface area contributed by atoms with E-state index in [9.17, 15) is 5.11 Å². The summed E-state index contributed by atoms with van der Waals surface area (Å²) in [4.78, 5) is 2.31. The van der Waals surface area contributed by atoms with Gasteiger partial charge in [0.15, 0.2) is 5.82 Å². The Hall–Kier alpha value is -3.13. The SMILES string of the molecule is Cc1nn(-c2cc(-c3ccccc3O)nnc2N)cc1N1CCNCC1. The van der Waals surface area contributed by atoms with Gasteiger partial charge in [0.05, 0.1) is 23.3 Å². The number of para-hydroxylation sites is 1. The molecular weight excluding hydrogens is 330 g/mol. The van der Waals surface area contributed by atoms with Gasteiger partial charge in [-0.25, -0.2) is 4.68 Å². The Morgan fingerprint density at radius 3 is 2.65 bits per heavy atom. The molecule has 0 radical (unpaired) electrons. The van der Waals surface area contributed by atoms with Gasteiger partial charge in [-0.3, -0.25) is 0 Å². The molecule has 0 amide bonds. The molecule has 0 bridgehead atoms. The van der Waals surface area contributed by atoms with Crippen molar-refractivity contribution in [2.45, 2.75) is 6.92 Å². The van der Waals surface area contributed by atoms with Crippen molar-refractivity contribution in [2.75, 3.05) is 36.8 Å². The minimum absolute atomic E-state index is 0.149. The zero-order valence-corrected chi connectivity index (χ0v) is 14.6. The monoisotopic (exact) mass is 351 g/mol. The highest BCUT2D eigenvalue weighted by Crippen LogP contribution is 2.30. The van der Waals surface area contributed by atoms with E-state index in [2.05, 4.69) is 25.5 Å². The second-order valence-electron chi connectivity index (χ2n) is 6.30. The summed E-state index contributed by atoms with van der Waals surface area (Å²) < 4.78 is 1.74. The number of hydrogen-bond acceptors (Lipinski definition) is 7. The molecule has 2 aromatic heterocycles. The molecule has 0 saturated carbocycles. The fourth-order valence-corrected chi connectivity index (χ4v) is 3.19. The van der Waals surface area contributed by atoms with E-state index in [1.807, 2.05) is 19.2 Å². The summed E-state index contributed by atoms with van der Waals surface area (Å²) in [5.41, 5.74) is 9.87. The molecule has 0 spiro atoms. The maximum Gasteiger partial charge on any atom is 0.172 e. The number of rotatable bonds is 3. The Balaban J connectivity index is 1.74. The van der Waals surface area contributed by atoms with Gasteiger partial charge < -0.3 is 21.1 Å². The first-order valence-corrected chi connectivity index (χ1v) is 8.57. The van der Waals surface area contributed by atoms with Crippen molar-refractivity contribution >= 4 is 11.5 Å². The van der Waals surface area contributed by atoms with Crippen LogP contribution in [0.2, 0.25) is 0 Å². The minimum Gasteiger partial charge on any atom is -0.507 e. The van der Waals surface area contributed by atoms with Crippen LogP contribution in [0.25, 0.3) is 16.9 Å². The van der Waals surface area contributed by atoms with E-state index in [1.54, 1.807) is 28.9 Å². The predicted octanol–water partition coefficient (Wildman–Crippen LogP) is 1.34. The zero-order valence-electron chi connectivity index (χ0n) is 14.6. The fourth-order valence-electron chi connectivity index (χ4n) is 3.19. The number of aromatic hydroxyl groups is 1. The molecule has 8 heteroatoms. The molecule has 26 heavy (non-hydrogen) atoms. The summed E-state index contributed by atoms with van der Waals surface area (Å²) in [6.07, 6.45) is 1.97. The number of phenolic OH excluding ortho intramolecular Hbond substituents is 1. The lowest BCUT2D eigenvalue weighted by Gasteiger charge is -2.28. The highest BCUT2D eigenvalue weighted by Gasteiger charge is 2.18. The fraction of sp³-hybridized carbons (Fsp3) is 0.278. The molecule has 1 saturated heterocycles. The van der Waals surface area contributed by atoms with Gasteiger partial charge in [0.2, 0.25) is 0 Å². The van der Waals surface area contributed by atoms with Crippen LogP contribution in [0.15, 0.2) is 36.5 Å². The molecular formula is C18H21N7O. The van der Waals surface area contributed by atoms with Crippen molar-refractivity contribution in [3.8, 4) is 22.7 Å². The smallest absolute Gasteiger partial charge is 0.172 e. The first-order chi connectivity index (χ1) is 12.6. The van der Waals surface area contributed by atoms with Crippen molar-refractivity contribution in [1.82, 2.24) is 25.3 Å². The van der Waals surface area contributed by atoms with Crippen molar-refractivity contribution in [2.24, 2.45) is 0 Å². The molecule has 1 aliphatic heterocycles. The number of aromatic nitrogens is 4. The number of piperazine rings is 1. The van der Waals surface area contributed by atoms with Crippen molar-refractivity contribution in [1.29, 1.82) is 0 Å². The number of nitrogen functional groups attached to an aromatic ring is 1. The van der Waals surface area contributed by atoms with Crippen molar-refractivity contribution in [3.05, 3.63) is 42.2 Å². The second-order valence-corrected chi connectivity index (χ2v) is 6.30. The van der Waals surface area contributed by atoms with Gasteiger partial charge in [-0.1, -0.05) is 12.1 Å². The average Bonchev–Trinajstić information content (AvgIpc) is 3.05. The van der Waals surface area contributed by atoms with Crippen LogP contribution in [0.1, 0.15) is 5.69 Å². The maximum atomic E-state index is 10.1. The van der Waals surface area contributed by atoms with Crippen LogP contribution in [0.5, 0.6) is 5.75 Å². The molecule has 8 nitrogen and oxygen atoms in total. The third-order valence-electron chi connectivity index (χ3n) is 4.56. The number of aryl methyl sites for hydroxylation is 1. The molecule has 134 valence electrons. The van der Waals surface area contributed by atoms with Crippen molar-refractivity contribution in [3.63, 3.8) is 0 Å². The zero-order chi connectivity index (χ0) is 18.1. The van der Waals surface area contributed by atoms with Crippen LogP contribution < -0.4 is 16.0 Å². The predicted molar refractivity (Wildman–Crippen MR) is 100 cm³/mol. The number of nitrogens with two attached hydrogens (primary N) is 1. The van der Waals surface area contributed by atoms with Crippen LogP contribution in [0, 0.1) is 6.92 Å². The topological polar surface area (TPSA) is 105 Å². The first kappa shape index (κ1) is 16.3. The molecule has 3 aromatic rings. The van der Waals surface area contributed by atoms with Crippen LogP contribution >= 0.6 is 0 Å². The highest BCUT2D eigenvalue weighted by atomic mass is 16.3. The molecule has 4 rings (SSSR count). The summed E-state index contributed by atoms with van der Waals surface area (Å²) in [5, 5.41) is 26.2. The maximum absolute atomic E-state index is 10.1. The Morgan fingerprint density at radius 1 is 1.12 bits per heavy atom. The normalized spacial score (nSPS) is 14.6. The van der Waals surface area contributed by atoms with Gasteiger partial charge >= 0.3 is 0 Å². The van der Waals surface area contributed by atoms with E-state index in [4.69, 9.17) is 5.73 Å². The summed E-state index contributed by atoms with van der Waals surface area (Å²) in [7, 11) is 0. The van der Waals surface area contributed by atoms with Gasteiger partial charge in [0.1, 0.15) is 11.4 Å². The molecule has 0 atom stereocenters. The molecule has 0 aliphatic carbocycles. The lowest BCUT2D eigenvalue weighted by atomic mass is 10.1. The summed E-state index contributed by atoms with van der Waals surface area (Å²) >= 11 is 0.